The quantitative estimate of drug-likeness (QED) is 0.757. The van der Waals surface area contributed by atoms with Gasteiger partial charge in [-0.2, -0.15) is 0 Å². The maximum absolute atomic E-state index is 12.7. The number of anilines is 1. The predicted molar refractivity (Wildman–Crippen MR) is 114 cm³/mol. The molecular weight excluding hydrogens is 384 g/mol. The molecule has 1 aliphatic rings. The molecule has 160 valence electrons. The van der Waals surface area contributed by atoms with E-state index in [1.807, 2.05) is 32.0 Å². The highest BCUT2D eigenvalue weighted by atomic mass is 16.5. The molecule has 1 atom stereocenters. The van der Waals surface area contributed by atoms with Crippen LogP contribution >= 0.6 is 0 Å². The summed E-state index contributed by atoms with van der Waals surface area (Å²) >= 11 is 0. The molecule has 2 aromatic carbocycles. The predicted octanol–water partition coefficient (Wildman–Crippen LogP) is 3.00. The SMILES string of the molecule is COc1cc(CNC(=O)[C@@H]2CC(=O)N(c3cccc(C)c3C)C2)cc(OC)c1OC. The molecule has 7 nitrogen and oxygen atoms in total. The molecule has 30 heavy (non-hydrogen) atoms. The number of benzene rings is 2. The smallest absolute Gasteiger partial charge is 0.227 e. The number of hydrogen-bond donors (Lipinski definition) is 1. The molecule has 1 N–H and O–H groups in total. The third kappa shape index (κ3) is 4.20. The van der Waals surface area contributed by atoms with Crippen LogP contribution in [0.4, 0.5) is 5.69 Å². The average molecular weight is 412 g/mol. The number of nitrogens with one attached hydrogen (secondary N) is 1. The largest absolute Gasteiger partial charge is 0.493 e. The minimum Gasteiger partial charge on any atom is -0.493 e. The summed E-state index contributed by atoms with van der Waals surface area (Å²) in [7, 11) is 4.64. The van der Waals surface area contributed by atoms with Crippen LogP contribution < -0.4 is 24.4 Å². The number of aryl methyl sites for hydroxylation is 1. The molecule has 0 aromatic heterocycles. The van der Waals surface area contributed by atoms with Gasteiger partial charge in [-0.25, -0.2) is 0 Å². The molecule has 2 amide bonds. The molecule has 3 rings (SSSR count). The molecule has 0 bridgehead atoms. The highest BCUT2D eigenvalue weighted by Gasteiger charge is 2.35. The van der Waals surface area contributed by atoms with Gasteiger partial charge in [-0.15, -0.1) is 0 Å². The first-order valence-corrected chi connectivity index (χ1v) is 9.82. The van der Waals surface area contributed by atoms with Gasteiger partial charge in [0.1, 0.15) is 0 Å². The van der Waals surface area contributed by atoms with Crippen molar-refractivity contribution in [3.05, 3.63) is 47.0 Å². The van der Waals surface area contributed by atoms with Crippen molar-refractivity contribution in [2.24, 2.45) is 5.92 Å². The summed E-state index contributed by atoms with van der Waals surface area (Å²) in [6.45, 7) is 4.69. The Bertz CT molecular complexity index is 932. The van der Waals surface area contributed by atoms with E-state index in [1.165, 1.54) is 0 Å². The minimum atomic E-state index is -0.389. The number of hydrogen-bond acceptors (Lipinski definition) is 5. The van der Waals surface area contributed by atoms with Gasteiger partial charge in [-0.1, -0.05) is 12.1 Å². The lowest BCUT2D eigenvalue weighted by atomic mass is 10.1. The molecule has 0 unspecified atom stereocenters. The maximum Gasteiger partial charge on any atom is 0.227 e. The molecule has 1 aliphatic heterocycles. The summed E-state index contributed by atoms with van der Waals surface area (Å²) in [6, 6.07) is 9.47. The van der Waals surface area contributed by atoms with Crippen LogP contribution in [0.3, 0.4) is 0 Å². The fourth-order valence-corrected chi connectivity index (χ4v) is 3.72. The first-order chi connectivity index (χ1) is 14.4. The number of ether oxygens (including phenoxy) is 3. The van der Waals surface area contributed by atoms with Crippen molar-refractivity contribution in [2.45, 2.75) is 26.8 Å². The first-order valence-electron chi connectivity index (χ1n) is 9.82. The second kappa shape index (κ2) is 9.07. The summed E-state index contributed by atoms with van der Waals surface area (Å²) in [4.78, 5) is 27.0. The molecule has 0 radical (unpaired) electrons. The Balaban J connectivity index is 1.69. The van der Waals surface area contributed by atoms with Crippen LogP contribution in [0.2, 0.25) is 0 Å². The summed E-state index contributed by atoms with van der Waals surface area (Å²) in [5, 5.41) is 2.93. The number of nitrogens with zero attached hydrogens (tertiary/aromatic N) is 1. The standard InChI is InChI=1S/C23H28N2O5/c1-14-7-6-8-18(15(14)2)25-13-17(11-21(25)26)23(27)24-12-16-9-19(28-3)22(30-5)20(10-16)29-4/h6-10,17H,11-13H2,1-5H3,(H,24,27)/t17-/m1/s1. The zero-order valence-electron chi connectivity index (χ0n) is 18.1. The topological polar surface area (TPSA) is 77.1 Å². The van der Waals surface area contributed by atoms with Crippen molar-refractivity contribution in [1.82, 2.24) is 5.32 Å². The van der Waals surface area contributed by atoms with Gasteiger partial charge in [0.2, 0.25) is 17.6 Å². The van der Waals surface area contributed by atoms with Gasteiger partial charge in [0.25, 0.3) is 0 Å². The van der Waals surface area contributed by atoms with Crippen molar-refractivity contribution in [1.29, 1.82) is 0 Å². The van der Waals surface area contributed by atoms with Crippen molar-refractivity contribution in [2.75, 3.05) is 32.8 Å². The Morgan fingerprint density at radius 1 is 1.10 bits per heavy atom. The molecule has 2 aromatic rings. The number of carbonyl (C=O) groups is 2. The van der Waals surface area contributed by atoms with E-state index in [9.17, 15) is 9.59 Å². The molecule has 1 saturated heterocycles. The Morgan fingerprint density at radius 2 is 1.77 bits per heavy atom. The maximum atomic E-state index is 12.7. The number of methoxy groups -OCH3 is 3. The van der Waals surface area contributed by atoms with E-state index in [0.29, 0.717) is 30.3 Å². The number of carbonyl (C=O) groups excluding carboxylic acids is 2. The second-order valence-electron chi connectivity index (χ2n) is 7.38. The van der Waals surface area contributed by atoms with Crippen molar-refractivity contribution >= 4 is 17.5 Å². The molecule has 7 heteroatoms. The molecule has 1 fully saturated rings. The van der Waals surface area contributed by atoms with E-state index in [4.69, 9.17) is 14.2 Å². The van der Waals surface area contributed by atoms with E-state index in [1.54, 1.807) is 38.4 Å². The third-order valence-corrected chi connectivity index (χ3v) is 5.55. The summed E-state index contributed by atoms with van der Waals surface area (Å²) in [5.41, 5.74) is 3.87. The number of amides is 2. The fraction of sp³-hybridized carbons (Fsp3) is 0.391. The Hall–Kier alpha value is -3.22. The fourth-order valence-electron chi connectivity index (χ4n) is 3.72. The Kier molecular flexibility index (Phi) is 6.50. The van der Waals surface area contributed by atoms with Gasteiger partial charge in [-0.05, 0) is 48.7 Å². The molecule has 1 heterocycles. The number of rotatable bonds is 7. The van der Waals surface area contributed by atoms with Crippen LogP contribution in [-0.4, -0.2) is 39.7 Å². The lowest BCUT2D eigenvalue weighted by Gasteiger charge is -2.20. The summed E-state index contributed by atoms with van der Waals surface area (Å²) in [6.07, 6.45) is 0.203. The van der Waals surface area contributed by atoms with Crippen molar-refractivity contribution in [3.8, 4) is 17.2 Å². The Morgan fingerprint density at radius 3 is 2.37 bits per heavy atom. The average Bonchev–Trinajstić information content (AvgIpc) is 3.14. The molecule has 0 aliphatic carbocycles. The van der Waals surface area contributed by atoms with Gasteiger partial charge in [0, 0.05) is 25.2 Å². The minimum absolute atomic E-state index is 0.0309. The van der Waals surface area contributed by atoms with E-state index in [0.717, 1.165) is 22.4 Å². The van der Waals surface area contributed by atoms with E-state index in [-0.39, 0.29) is 24.2 Å². The van der Waals surface area contributed by atoms with Gasteiger partial charge in [0.05, 0.1) is 27.2 Å². The van der Waals surface area contributed by atoms with Gasteiger partial charge < -0.3 is 24.4 Å². The van der Waals surface area contributed by atoms with E-state index < -0.39 is 0 Å². The normalized spacial score (nSPS) is 15.8. The monoisotopic (exact) mass is 412 g/mol. The second-order valence-corrected chi connectivity index (χ2v) is 7.38. The van der Waals surface area contributed by atoms with Gasteiger partial charge in [0.15, 0.2) is 11.5 Å². The first kappa shape index (κ1) is 21.5. The molecular formula is C23H28N2O5. The van der Waals surface area contributed by atoms with Crippen LogP contribution in [0.1, 0.15) is 23.1 Å². The van der Waals surface area contributed by atoms with E-state index in [2.05, 4.69) is 5.32 Å². The highest BCUT2D eigenvalue weighted by Crippen LogP contribution is 2.38. The molecule has 0 spiro atoms. The zero-order chi connectivity index (χ0) is 21.8. The van der Waals surface area contributed by atoms with Crippen LogP contribution in [-0.2, 0) is 16.1 Å². The van der Waals surface area contributed by atoms with Crippen LogP contribution in [0.5, 0.6) is 17.2 Å². The molecule has 0 saturated carbocycles. The Labute approximate surface area is 176 Å². The third-order valence-electron chi connectivity index (χ3n) is 5.55. The van der Waals surface area contributed by atoms with Crippen molar-refractivity contribution < 1.29 is 23.8 Å². The zero-order valence-corrected chi connectivity index (χ0v) is 18.1. The lowest BCUT2D eigenvalue weighted by Crippen LogP contribution is -2.32. The van der Waals surface area contributed by atoms with Crippen LogP contribution in [0.25, 0.3) is 0 Å². The highest BCUT2D eigenvalue weighted by molar-refractivity contribution is 6.00. The van der Waals surface area contributed by atoms with E-state index >= 15 is 0 Å². The van der Waals surface area contributed by atoms with Gasteiger partial charge in [-0.3, -0.25) is 9.59 Å². The van der Waals surface area contributed by atoms with Crippen LogP contribution in [0.15, 0.2) is 30.3 Å². The van der Waals surface area contributed by atoms with Crippen LogP contribution in [0, 0.1) is 19.8 Å². The van der Waals surface area contributed by atoms with Crippen molar-refractivity contribution in [3.63, 3.8) is 0 Å². The summed E-state index contributed by atoms with van der Waals surface area (Å²) in [5.74, 6) is 0.984. The summed E-state index contributed by atoms with van der Waals surface area (Å²) < 4.78 is 16.0. The van der Waals surface area contributed by atoms with Gasteiger partial charge >= 0.3 is 0 Å². The lowest BCUT2D eigenvalue weighted by molar-refractivity contribution is -0.126.